The molecule has 152 valence electrons. The number of benzene rings is 4. The predicted octanol–water partition coefficient (Wildman–Crippen LogP) is 6.94. The first-order valence-electron chi connectivity index (χ1n) is 10.2. The maximum Gasteiger partial charge on any atom is 0.335 e. The summed E-state index contributed by atoms with van der Waals surface area (Å²) in [4.78, 5) is 16.2. The van der Waals surface area contributed by atoms with Gasteiger partial charge in [-0.2, -0.15) is 0 Å². The summed E-state index contributed by atoms with van der Waals surface area (Å²) in [6.07, 6.45) is 0. The van der Waals surface area contributed by atoms with Crippen LogP contribution < -0.4 is 0 Å². The lowest BCUT2D eigenvalue weighted by molar-refractivity contribution is 0.0697. The lowest BCUT2D eigenvalue weighted by Gasteiger charge is -2.13. The Labute approximate surface area is 182 Å². The minimum absolute atomic E-state index is 0.266. The van der Waals surface area contributed by atoms with Crippen molar-refractivity contribution in [2.45, 2.75) is 13.8 Å². The van der Waals surface area contributed by atoms with E-state index < -0.39 is 5.97 Å². The maximum atomic E-state index is 11.2. The van der Waals surface area contributed by atoms with Crippen molar-refractivity contribution in [1.29, 1.82) is 0 Å². The Kier molecular flexibility index (Phi) is 5.76. The Balaban J connectivity index is 1.88. The van der Waals surface area contributed by atoms with Gasteiger partial charge in [0.25, 0.3) is 0 Å². The second kappa shape index (κ2) is 8.80. The number of hydrogen-bond donors (Lipinski definition) is 1. The molecule has 0 aliphatic heterocycles. The van der Waals surface area contributed by atoms with Crippen LogP contribution in [0.4, 0.5) is 0 Å². The van der Waals surface area contributed by atoms with E-state index in [0.29, 0.717) is 0 Å². The van der Waals surface area contributed by atoms with E-state index in [9.17, 15) is 4.79 Å². The molecule has 0 amide bonds. The number of carboxylic acids is 1. The first kappa shape index (κ1) is 20.3. The summed E-state index contributed by atoms with van der Waals surface area (Å²) < 4.78 is 0. The average molecular weight is 405 g/mol. The highest BCUT2D eigenvalue weighted by Gasteiger charge is 2.11. The summed E-state index contributed by atoms with van der Waals surface area (Å²) in [6.45, 7) is 4.06. The van der Waals surface area contributed by atoms with Gasteiger partial charge in [-0.25, -0.2) is 4.79 Å². The molecule has 0 aromatic heterocycles. The smallest absolute Gasteiger partial charge is 0.335 e. The number of hydrogen-bond acceptors (Lipinski definition) is 2. The molecule has 3 heteroatoms. The van der Waals surface area contributed by atoms with Crippen LogP contribution in [-0.2, 0) is 0 Å². The molecule has 0 unspecified atom stereocenters. The Bertz CT molecular complexity index is 1290. The Morgan fingerprint density at radius 2 is 1.29 bits per heavy atom. The summed E-state index contributed by atoms with van der Waals surface area (Å²) in [5.41, 5.74) is 6.16. The van der Waals surface area contributed by atoms with Crippen LogP contribution in [0.5, 0.6) is 0 Å². The lowest BCUT2D eigenvalue weighted by atomic mass is 9.95. The van der Waals surface area contributed by atoms with E-state index in [2.05, 4.69) is 55.5 Å². The molecular weight excluding hydrogens is 382 g/mol. The number of carbonyl (C=O) groups is 1. The third-order valence-electron chi connectivity index (χ3n) is 5.43. The highest BCUT2D eigenvalue weighted by molar-refractivity contribution is 6.07. The van der Waals surface area contributed by atoms with Crippen LogP contribution in [0.1, 0.15) is 40.9 Å². The normalized spacial score (nSPS) is 12.5. The summed E-state index contributed by atoms with van der Waals surface area (Å²) in [7, 11) is 0. The van der Waals surface area contributed by atoms with Gasteiger partial charge in [-0.3, -0.25) is 4.99 Å². The highest BCUT2D eigenvalue weighted by Crippen LogP contribution is 2.32. The standard InChI is InChI=1S/C28H23NO2/c1-19(25-14-8-12-22-9-6-7-13-26(22)25)27(23-10-4-3-5-11-23)29-20(2)21-15-17-24(18-16-21)28(30)31/h3-18H,1-2H3,(H,30,31)/b27-19+,29-20?. The first-order chi connectivity index (χ1) is 15.0. The van der Waals surface area contributed by atoms with Gasteiger partial charge in [-0.1, -0.05) is 84.9 Å². The van der Waals surface area contributed by atoms with Crippen molar-refractivity contribution in [3.05, 3.63) is 119 Å². The van der Waals surface area contributed by atoms with Gasteiger partial charge in [-0.15, -0.1) is 0 Å². The third-order valence-corrected chi connectivity index (χ3v) is 5.43. The second-order valence-electron chi connectivity index (χ2n) is 7.45. The Morgan fingerprint density at radius 3 is 2.00 bits per heavy atom. The van der Waals surface area contributed by atoms with Crippen LogP contribution in [0.2, 0.25) is 0 Å². The predicted molar refractivity (Wildman–Crippen MR) is 128 cm³/mol. The molecule has 0 saturated carbocycles. The number of carboxylic acid groups (broad SMARTS) is 1. The number of nitrogens with zero attached hydrogens (tertiary/aromatic N) is 1. The molecule has 0 fully saturated rings. The molecule has 0 radical (unpaired) electrons. The molecule has 0 heterocycles. The van der Waals surface area contributed by atoms with Crippen LogP contribution in [0, 0.1) is 0 Å². The van der Waals surface area contributed by atoms with Gasteiger partial charge in [0.1, 0.15) is 0 Å². The van der Waals surface area contributed by atoms with E-state index in [0.717, 1.165) is 33.7 Å². The number of aromatic carboxylic acids is 1. The fraction of sp³-hybridized carbons (Fsp3) is 0.0714. The van der Waals surface area contributed by atoms with Gasteiger partial charge in [0, 0.05) is 11.3 Å². The lowest BCUT2D eigenvalue weighted by Crippen LogP contribution is -2.00. The minimum atomic E-state index is -0.933. The Hall–Kier alpha value is -3.98. The molecule has 4 aromatic rings. The summed E-state index contributed by atoms with van der Waals surface area (Å²) in [5, 5.41) is 11.5. The van der Waals surface area contributed by atoms with Crippen molar-refractivity contribution >= 4 is 33.7 Å². The largest absolute Gasteiger partial charge is 0.478 e. The zero-order valence-corrected chi connectivity index (χ0v) is 17.5. The molecular formula is C28H23NO2. The fourth-order valence-electron chi connectivity index (χ4n) is 3.73. The molecule has 0 spiro atoms. The van der Waals surface area contributed by atoms with E-state index in [-0.39, 0.29) is 5.56 Å². The number of allylic oxidation sites excluding steroid dienone is 1. The van der Waals surface area contributed by atoms with E-state index in [1.165, 1.54) is 10.8 Å². The molecule has 4 rings (SSSR count). The third kappa shape index (κ3) is 4.31. The molecule has 31 heavy (non-hydrogen) atoms. The Morgan fingerprint density at radius 1 is 0.677 bits per heavy atom. The first-order valence-corrected chi connectivity index (χ1v) is 10.2. The molecule has 4 aromatic carbocycles. The minimum Gasteiger partial charge on any atom is -0.478 e. The van der Waals surface area contributed by atoms with Gasteiger partial charge in [-0.05, 0) is 53.5 Å². The molecule has 3 nitrogen and oxygen atoms in total. The molecule has 0 bridgehead atoms. The van der Waals surface area contributed by atoms with Crippen LogP contribution in [0.25, 0.3) is 22.0 Å². The zero-order chi connectivity index (χ0) is 21.8. The molecule has 0 atom stereocenters. The quantitative estimate of drug-likeness (QED) is 0.289. The molecule has 1 N–H and O–H groups in total. The second-order valence-corrected chi connectivity index (χ2v) is 7.45. The van der Waals surface area contributed by atoms with Crippen molar-refractivity contribution in [2.24, 2.45) is 4.99 Å². The van der Waals surface area contributed by atoms with Crippen molar-refractivity contribution in [1.82, 2.24) is 0 Å². The van der Waals surface area contributed by atoms with Crippen LogP contribution >= 0.6 is 0 Å². The van der Waals surface area contributed by atoms with Crippen LogP contribution in [0.15, 0.2) is 102 Å². The van der Waals surface area contributed by atoms with Gasteiger partial charge in [0.2, 0.25) is 0 Å². The monoisotopic (exact) mass is 405 g/mol. The van der Waals surface area contributed by atoms with Crippen molar-refractivity contribution < 1.29 is 9.90 Å². The van der Waals surface area contributed by atoms with E-state index in [1.807, 2.05) is 31.2 Å². The zero-order valence-electron chi connectivity index (χ0n) is 17.5. The summed E-state index contributed by atoms with van der Waals surface area (Å²) >= 11 is 0. The average Bonchev–Trinajstić information content (AvgIpc) is 2.82. The van der Waals surface area contributed by atoms with Crippen molar-refractivity contribution in [2.75, 3.05) is 0 Å². The number of aliphatic imine (C=N–C) groups is 1. The SMILES string of the molecule is CC(=N/C(=C(\C)c1cccc2ccccc12)c1ccccc1)c1ccc(C(=O)O)cc1. The topological polar surface area (TPSA) is 49.7 Å². The van der Waals surface area contributed by atoms with Gasteiger partial charge in [0.15, 0.2) is 0 Å². The van der Waals surface area contributed by atoms with Crippen molar-refractivity contribution in [3.8, 4) is 0 Å². The van der Waals surface area contributed by atoms with E-state index in [4.69, 9.17) is 10.1 Å². The number of rotatable bonds is 5. The van der Waals surface area contributed by atoms with Gasteiger partial charge in [0.05, 0.1) is 11.3 Å². The van der Waals surface area contributed by atoms with Gasteiger partial charge >= 0.3 is 5.97 Å². The maximum absolute atomic E-state index is 11.2. The van der Waals surface area contributed by atoms with Crippen LogP contribution in [-0.4, -0.2) is 16.8 Å². The van der Waals surface area contributed by atoms with E-state index in [1.54, 1.807) is 24.3 Å². The number of fused-ring (bicyclic) bond motifs is 1. The van der Waals surface area contributed by atoms with Gasteiger partial charge < -0.3 is 5.11 Å². The molecule has 0 aliphatic rings. The van der Waals surface area contributed by atoms with Crippen molar-refractivity contribution in [3.63, 3.8) is 0 Å². The summed E-state index contributed by atoms with van der Waals surface area (Å²) in [5.74, 6) is -0.933. The summed E-state index contributed by atoms with van der Waals surface area (Å²) in [6, 6.07) is 31.7. The van der Waals surface area contributed by atoms with E-state index >= 15 is 0 Å². The molecule has 0 aliphatic carbocycles. The fourth-order valence-corrected chi connectivity index (χ4v) is 3.73. The highest BCUT2D eigenvalue weighted by atomic mass is 16.4. The molecule has 0 saturated heterocycles. The van der Waals surface area contributed by atoms with Crippen LogP contribution in [0.3, 0.4) is 0 Å².